The molecule has 17 heavy (non-hydrogen) atoms. The minimum absolute atomic E-state index is 0.0812. The molecule has 0 aliphatic carbocycles. The van der Waals surface area contributed by atoms with Crippen LogP contribution in [0.25, 0.3) is 0 Å². The molecule has 1 unspecified atom stereocenters. The summed E-state index contributed by atoms with van der Waals surface area (Å²) in [5, 5.41) is 12.7. The van der Waals surface area contributed by atoms with Crippen molar-refractivity contribution in [1.29, 1.82) is 0 Å². The first-order valence-electron chi connectivity index (χ1n) is 5.96. The Morgan fingerprint density at radius 1 is 1.41 bits per heavy atom. The maximum Gasteiger partial charge on any atom is 0.144 e. The van der Waals surface area contributed by atoms with E-state index in [1.807, 2.05) is 32.9 Å². The van der Waals surface area contributed by atoms with E-state index in [0.29, 0.717) is 18.0 Å². The van der Waals surface area contributed by atoms with Crippen LogP contribution < -0.4 is 15.8 Å². The highest BCUT2D eigenvalue weighted by atomic mass is 16.5. The van der Waals surface area contributed by atoms with Crippen molar-refractivity contribution < 1.29 is 9.84 Å². The van der Waals surface area contributed by atoms with E-state index in [2.05, 4.69) is 5.32 Å². The lowest BCUT2D eigenvalue weighted by molar-refractivity contribution is 0.219. The zero-order chi connectivity index (χ0) is 12.9. The van der Waals surface area contributed by atoms with Crippen LogP contribution in [0.15, 0.2) is 18.2 Å². The molecule has 1 atom stereocenters. The maximum atomic E-state index is 9.36. The van der Waals surface area contributed by atoms with E-state index < -0.39 is 0 Å². The number of benzene rings is 1. The van der Waals surface area contributed by atoms with Crippen molar-refractivity contribution in [2.45, 2.75) is 32.7 Å². The standard InChI is InChI=1S/C13H22N2O2/c1-4-13(3,9-16)15-10-6-7-11(14)12(8-10)17-5-2/h6-8,15-16H,4-5,9,14H2,1-3H3. The van der Waals surface area contributed by atoms with Crippen LogP contribution in [-0.4, -0.2) is 23.9 Å². The van der Waals surface area contributed by atoms with Gasteiger partial charge in [-0.25, -0.2) is 0 Å². The first-order chi connectivity index (χ1) is 8.04. The maximum absolute atomic E-state index is 9.36. The van der Waals surface area contributed by atoms with Crippen LogP contribution in [0.5, 0.6) is 5.75 Å². The molecule has 0 aliphatic heterocycles. The van der Waals surface area contributed by atoms with Gasteiger partial charge in [0.2, 0.25) is 0 Å². The Kier molecular flexibility index (Phi) is 4.63. The summed E-state index contributed by atoms with van der Waals surface area (Å²) in [6.07, 6.45) is 0.831. The molecule has 0 saturated carbocycles. The molecule has 4 nitrogen and oxygen atoms in total. The van der Waals surface area contributed by atoms with Gasteiger partial charge in [-0.15, -0.1) is 0 Å². The molecule has 4 heteroatoms. The summed E-state index contributed by atoms with van der Waals surface area (Å²) in [6, 6.07) is 5.56. The second-order valence-corrected chi connectivity index (χ2v) is 4.38. The molecule has 1 aromatic carbocycles. The van der Waals surface area contributed by atoms with E-state index in [9.17, 15) is 5.11 Å². The first-order valence-corrected chi connectivity index (χ1v) is 5.96. The summed E-state index contributed by atoms with van der Waals surface area (Å²) >= 11 is 0. The third-order valence-corrected chi connectivity index (χ3v) is 2.89. The normalized spacial score (nSPS) is 14.1. The molecule has 0 spiro atoms. The molecule has 1 aromatic rings. The van der Waals surface area contributed by atoms with Crippen molar-refractivity contribution in [2.75, 3.05) is 24.3 Å². The summed E-state index contributed by atoms with van der Waals surface area (Å²) in [4.78, 5) is 0. The van der Waals surface area contributed by atoms with Crippen LogP contribution >= 0.6 is 0 Å². The molecule has 0 amide bonds. The smallest absolute Gasteiger partial charge is 0.144 e. The number of rotatable bonds is 6. The highest BCUT2D eigenvalue weighted by molar-refractivity contribution is 5.62. The number of aliphatic hydroxyl groups excluding tert-OH is 1. The van der Waals surface area contributed by atoms with Crippen molar-refractivity contribution in [1.82, 2.24) is 0 Å². The largest absolute Gasteiger partial charge is 0.492 e. The second-order valence-electron chi connectivity index (χ2n) is 4.38. The molecule has 96 valence electrons. The molecule has 0 aliphatic rings. The molecule has 0 bridgehead atoms. The predicted molar refractivity (Wildman–Crippen MR) is 71.4 cm³/mol. The number of nitrogens with one attached hydrogen (secondary N) is 1. The van der Waals surface area contributed by atoms with Crippen LogP contribution in [0.2, 0.25) is 0 Å². The fourth-order valence-corrected chi connectivity index (χ4v) is 1.48. The van der Waals surface area contributed by atoms with E-state index >= 15 is 0 Å². The van der Waals surface area contributed by atoms with Crippen molar-refractivity contribution in [3.05, 3.63) is 18.2 Å². The molecular weight excluding hydrogens is 216 g/mol. The van der Waals surface area contributed by atoms with E-state index in [4.69, 9.17) is 10.5 Å². The Bertz CT molecular complexity index is 362. The minimum atomic E-state index is -0.320. The van der Waals surface area contributed by atoms with Gasteiger partial charge in [-0.3, -0.25) is 0 Å². The molecule has 0 aromatic heterocycles. The summed E-state index contributed by atoms with van der Waals surface area (Å²) in [5.41, 5.74) is 7.01. The van der Waals surface area contributed by atoms with Crippen molar-refractivity contribution in [3.63, 3.8) is 0 Å². The van der Waals surface area contributed by atoms with Crippen LogP contribution in [0.4, 0.5) is 11.4 Å². The number of ether oxygens (including phenoxy) is 1. The predicted octanol–water partition coefficient (Wildman–Crippen LogP) is 2.24. The molecule has 0 fully saturated rings. The fraction of sp³-hybridized carbons (Fsp3) is 0.538. The SMILES string of the molecule is CCOc1cc(NC(C)(CC)CO)ccc1N. The van der Waals surface area contributed by atoms with E-state index in [0.717, 1.165) is 12.1 Å². The van der Waals surface area contributed by atoms with Gasteiger partial charge >= 0.3 is 0 Å². The van der Waals surface area contributed by atoms with Gasteiger partial charge in [0.25, 0.3) is 0 Å². The van der Waals surface area contributed by atoms with Crippen LogP contribution in [0, 0.1) is 0 Å². The zero-order valence-corrected chi connectivity index (χ0v) is 10.8. The van der Waals surface area contributed by atoms with E-state index in [1.165, 1.54) is 0 Å². The van der Waals surface area contributed by atoms with E-state index in [-0.39, 0.29) is 12.1 Å². The Labute approximate surface area is 103 Å². The average molecular weight is 238 g/mol. The molecule has 0 heterocycles. The number of nitrogen functional groups attached to an aromatic ring is 1. The Morgan fingerprint density at radius 2 is 2.12 bits per heavy atom. The summed E-state index contributed by atoms with van der Waals surface area (Å²) in [7, 11) is 0. The quantitative estimate of drug-likeness (QED) is 0.665. The van der Waals surface area contributed by atoms with Gasteiger partial charge in [0.15, 0.2) is 0 Å². The van der Waals surface area contributed by atoms with Gasteiger partial charge in [0.1, 0.15) is 5.75 Å². The summed E-state index contributed by atoms with van der Waals surface area (Å²) in [5.74, 6) is 0.675. The number of hydrogen-bond acceptors (Lipinski definition) is 4. The van der Waals surface area contributed by atoms with Gasteiger partial charge in [0, 0.05) is 11.8 Å². The topological polar surface area (TPSA) is 67.5 Å². The van der Waals surface area contributed by atoms with E-state index in [1.54, 1.807) is 6.07 Å². The lowest BCUT2D eigenvalue weighted by Crippen LogP contribution is -2.37. The second kappa shape index (κ2) is 5.77. The Morgan fingerprint density at radius 3 is 2.65 bits per heavy atom. The third kappa shape index (κ3) is 3.53. The average Bonchev–Trinajstić information content (AvgIpc) is 2.33. The van der Waals surface area contributed by atoms with Crippen LogP contribution in [-0.2, 0) is 0 Å². The van der Waals surface area contributed by atoms with Crippen molar-refractivity contribution >= 4 is 11.4 Å². The number of anilines is 2. The first kappa shape index (κ1) is 13.6. The van der Waals surface area contributed by atoms with Gasteiger partial charge in [-0.2, -0.15) is 0 Å². The van der Waals surface area contributed by atoms with Gasteiger partial charge in [0.05, 0.1) is 24.4 Å². The summed E-state index contributed by atoms with van der Waals surface area (Å²) in [6.45, 7) is 6.59. The van der Waals surface area contributed by atoms with Gasteiger partial charge in [-0.1, -0.05) is 6.92 Å². The molecule has 0 saturated heterocycles. The summed E-state index contributed by atoms with van der Waals surface area (Å²) < 4.78 is 5.43. The zero-order valence-electron chi connectivity index (χ0n) is 10.8. The van der Waals surface area contributed by atoms with Crippen LogP contribution in [0.1, 0.15) is 27.2 Å². The van der Waals surface area contributed by atoms with Crippen LogP contribution in [0.3, 0.4) is 0 Å². The van der Waals surface area contributed by atoms with Gasteiger partial charge in [-0.05, 0) is 32.4 Å². The van der Waals surface area contributed by atoms with Gasteiger partial charge < -0.3 is 20.9 Å². The number of hydrogen-bond donors (Lipinski definition) is 3. The Balaban J connectivity index is 2.88. The number of nitrogens with two attached hydrogens (primary N) is 1. The highest BCUT2D eigenvalue weighted by Crippen LogP contribution is 2.27. The molecule has 1 rings (SSSR count). The molecular formula is C13H22N2O2. The van der Waals surface area contributed by atoms with Crippen molar-refractivity contribution in [2.24, 2.45) is 0 Å². The van der Waals surface area contributed by atoms with Crippen molar-refractivity contribution in [3.8, 4) is 5.75 Å². The Hall–Kier alpha value is -1.42. The third-order valence-electron chi connectivity index (χ3n) is 2.89. The molecule has 0 radical (unpaired) electrons. The number of aliphatic hydroxyl groups is 1. The fourth-order valence-electron chi connectivity index (χ4n) is 1.48. The lowest BCUT2D eigenvalue weighted by atomic mass is 10.00. The highest BCUT2D eigenvalue weighted by Gasteiger charge is 2.20. The minimum Gasteiger partial charge on any atom is -0.492 e. The molecule has 4 N–H and O–H groups in total. The lowest BCUT2D eigenvalue weighted by Gasteiger charge is -2.28. The monoisotopic (exact) mass is 238 g/mol.